The van der Waals surface area contributed by atoms with Gasteiger partial charge >= 0.3 is 5.97 Å². The molecule has 1 heterocycles. The van der Waals surface area contributed by atoms with Crippen molar-refractivity contribution in [2.24, 2.45) is 0 Å². The molecule has 3 rings (SSSR count). The molecule has 0 saturated carbocycles. The molecule has 0 unspecified atom stereocenters. The molecule has 0 saturated heterocycles. The van der Waals surface area contributed by atoms with E-state index >= 15 is 0 Å². The molecule has 8 nitrogen and oxygen atoms in total. The third-order valence-electron chi connectivity index (χ3n) is 3.61. The molecular formula is C17H15BrN4O4S. The van der Waals surface area contributed by atoms with Gasteiger partial charge in [0.05, 0.1) is 12.7 Å². The summed E-state index contributed by atoms with van der Waals surface area (Å²) >= 11 is 3.22. The Bertz CT molecular complexity index is 1110. The van der Waals surface area contributed by atoms with Crippen LogP contribution in [0.2, 0.25) is 0 Å². The zero-order valence-electron chi connectivity index (χ0n) is 14.4. The summed E-state index contributed by atoms with van der Waals surface area (Å²) in [5.41, 5.74) is 0.886. The number of sulfonamides is 1. The van der Waals surface area contributed by atoms with E-state index in [1.807, 2.05) is 0 Å². The van der Waals surface area contributed by atoms with Crippen molar-refractivity contribution in [3.05, 3.63) is 58.3 Å². The molecule has 0 spiro atoms. The largest absolute Gasteiger partial charge is 0.465 e. The molecule has 2 aromatic carbocycles. The van der Waals surface area contributed by atoms with Gasteiger partial charge in [0, 0.05) is 15.7 Å². The van der Waals surface area contributed by atoms with E-state index in [2.05, 4.69) is 40.6 Å². The topological polar surface area (TPSA) is 114 Å². The summed E-state index contributed by atoms with van der Waals surface area (Å²) in [6.07, 6.45) is 0. The second kappa shape index (κ2) is 7.49. The molecule has 0 aliphatic heterocycles. The van der Waals surface area contributed by atoms with Crippen molar-refractivity contribution >= 4 is 37.6 Å². The predicted octanol–water partition coefficient (Wildman–Crippen LogP) is 3.13. The van der Waals surface area contributed by atoms with Gasteiger partial charge in [-0.1, -0.05) is 28.1 Å². The van der Waals surface area contributed by atoms with E-state index in [-0.39, 0.29) is 10.5 Å². The van der Waals surface area contributed by atoms with Gasteiger partial charge in [-0.15, -0.1) is 0 Å². The van der Waals surface area contributed by atoms with Crippen molar-refractivity contribution < 1.29 is 17.9 Å². The number of anilines is 1. The minimum absolute atomic E-state index is 0.0693. The maximum atomic E-state index is 12.8. The van der Waals surface area contributed by atoms with Crippen LogP contribution in [0.4, 0.5) is 5.69 Å². The normalized spacial score (nSPS) is 11.2. The molecule has 0 atom stereocenters. The molecule has 0 bridgehead atoms. The van der Waals surface area contributed by atoms with Crippen LogP contribution in [0.15, 0.2) is 51.8 Å². The van der Waals surface area contributed by atoms with E-state index in [4.69, 9.17) is 0 Å². The zero-order chi connectivity index (χ0) is 19.6. The highest BCUT2D eigenvalue weighted by Crippen LogP contribution is 2.26. The molecule has 0 amide bonds. The van der Waals surface area contributed by atoms with E-state index in [1.165, 1.54) is 25.3 Å². The SMILES string of the molecule is COC(=O)c1cc(Br)ccc1S(=O)(=O)Nc1cccc(-c2n[nH]c(C)n2)c1. The Morgan fingerprint density at radius 2 is 2.00 bits per heavy atom. The van der Waals surface area contributed by atoms with Crippen LogP contribution in [0.5, 0.6) is 0 Å². The number of aromatic amines is 1. The number of benzene rings is 2. The first-order valence-corrected chi connectivity index (χ1v) is 9.98. The number of aryl methyl sites for hydroxylation is 1. The van der Waals surface area contributed by atoms with Gasteiger partial charge in [0.25, 0.3) is 10.0 Å². The zero-order valence-corrected chi connectivity index (χ0v) is 16.8. The Morgan fingerprint density at radius 3 is 2.67 bits per heavy atom. The van der Waals surface area contributed by atoms with Crippen LogP contribution in [-0.2, 0) is 14.8 Å². The number of methoxy groups -OCH3 is 1. The van der Waals surface area contributed by atoms with Gasteiger partial charge in [0.2, 0.25) is 0 Å². The average Bonchev–Trinajstić information content (AvgIpc) is 3.07. The fourth-order valence-corrected chi connectivity index (χ4v) is 4.00. The number of esters is 1. The Hall–Kier alpha value is -2.72. The van der Waals surface area contributed by atoms with Crippen LogP contribution >= 0.6 is 15.9 Å². The number of hydrogen-bond acceptors (Lipinski definition) is 6. The third kappa shape index (κ3) is 4.17. The van der Waals surface area contributed by atoms with E-state index in [0.29, 0.717) is 27.4 Å². The Morgan fingerprint density at radius 1 is 1.22 bits per heavy atom. The number of ether oxygens (including phenoxy) is 1. The van der Waals surface area contributed by atoms with Gasteiger partial charge in [0.15, 0.2) is 5.82 Å². The maximum absolute atomic E-state index is 12.8. The van der Waals surface area contributed by atoms with Crippen molar-refractivity contribution in [1.82, 2.24) is 15.2 Å². The molecule has 140 valence electrons. The lowest BCUT2D eigenvalue weighted by Gasteiger charge is -2.12. The first kappa shape index (κ1) is 19.1. The number of carbonyl (C=O) groups is 1. The number of H-pyrrole nitrogens is 1. The molecule has 0 fully saturated rings. The molecular weight excluding hydrogens is 436 g/mol. The van der Waals surface area contributed by atoms with Crippen molar-refractivity contribution in [2.45, 2.75) is 11.8 Å². The highest BCUT2D eigenvalue weighted by Gasteiger charge is 2.23. The van der Waals surface area contributed by atoms with E-state index < -0.39 is 16.0 Å². The fraction of sp³-hybridized carbons (Fsp3) is 0.118. The number of hydrogen-bond donors (Lipinski definition) is 2. The number of nitrogens with zero attached hydrogens (tertiary/aromatic N) is 2. The summed E-state index contributed by atoms with van der Waals surface area (Å²) in [6.45, 7) is 1.77. The monoisotopic (exact) mass is 450 g/mol. The smallest absolute Gasteiger partial charge is 0.339 e. The lowest BCUT2D eigenvalue weighted by Crippen LogP contribution is -2.17. The van der Waals surface area contributed by atoms with Crippen molar-refractivity contribution in [3.8, 4) is 11.4 Å². The van der Waals surface area contributed by atoms with Crippen LogP contribution in [0.25, 0.3) is 11.4 Å². The first-order valence-electron chi connectivity index (χ1n) is 7.70. The molecule has 10 heteroatoms. The van der Waals surface area contributed by atoms with Crippen LogP contribution in [0.3, 0.4) is 0 Å². The Balaban J connectivity index is 1.97. The first-order chi connectivity index (χ1) is 12.8. The van der Waals surface area contributed by atoms with Crippen LogP contribution < -0.4 is 4.72 Å². The van der Waals surface area contributed by atoms with Gasteiger partial charge in [-0.3, -0.25) is 9.82 Å². The lowest BCUT2D eigenvalue weighted by atomic mass is 10.2. The molecule has 0 radical (unpaired) electrons. The van der Waals surface area contributed by atoms with Crippen molar-refractivity contribution in [2.75, 3.05) is 11.8 Å². The second-order valence-corrected chi connectivity index (χ2v) is 8.13. The molecule has 2 N–H and O–H groups in total. The summed E-state index contributed by atoms with van der Waals surface area (Å²) in [4.78, 5) is 16.0. The molecule has 0 aliphatic carbocycles. The summed E-state index contributed by atoms with van der Waals surface area (Å²) in [5.74, 6) is 0.350. The van der Waals surface area contributed by atoms with Crippen LogP contribution in [0, 0.1) is 6.92 Å². The van der Waals surface area contributed by atoms with Crippen LogP contribution in [0.1, 0.15) is 16.2 Å². The highest BCUT2D eigenvalue weighted by atomic mass is 79.9. The average molecular weight is 451 g/mol. The number of nitrogens with one attached hydrogen (secondary N) is 2. The summed E-state index contributed by atoms with van der Waals surface area (Å²) in [7, 11) is -2.84. The Kier molecular flexibility index (Phi) is 5.29. The number of halogens is 1. The van der Waals surface area contributed by atoms with Crippen molar-refractivity contribution in [1.29, 1.82) is 0 Å². The van der Waals surface area contributed by atoms with Crippen LogP contribution in [-0.4, -0.2) is 36.7 Å². The van der Waals surface area contributed by atoms with Gasteiger partial charge in [0.1, 0.15) is 10.7 Å². The third-order valence-corrected chi connectivity index (χ3v) is 5.54. The van der Waals surface area contributed by atoms with E-state index in [0.717, 1.165) is 0 Å². The number of aromatic nitrogens is 3. The second-order valence-electron chi connectivity index (χ2n) is 5.56. The standard InChI is InChI=1S/C17H15BrN4O4S/c1-10-19-16(21-20-10)11-4-3-5-13(8-11)22-27(24,25)15-7-6-12(18)9-14(15)17(23)26-2/h3-9,22H,1-2H3,(H,19,20,21). The molecule has 0 aliphatic rings. The van der Waals surface area contributed by atoms with Gasteiger partial charge in [-0.2, -0.15) is 5.10 Å². The summed E-state index contributed by atoms with van der Waals surface area (Å²) in [5, 5.41) is 6.80. The van der Waals surface area contributed by atoms with Gasteiger partial charge in [-0.05, 0) is 37.3 Å². The molecule has 1 aromatic heterocycles. The predicted molar refractivity (Wildman–Crippen MR) is 103 cm³/mol. The van der Waals surface area contributed by atoms with Crippen molar-refractivity contribution in [3.63, 3.8) is 0 Å². The minimum Gasteiger partial charge on any atom is -0.465 e. The summed E-state index contributed by atoms with van der Waals surface area (Å²) in [6, 6.07) is 10.9. The molecule has 27 heavy (non-hydrogen) atoms. The highest BCUT2D eigenvalue weighted by molar-refractivity contribution is 9.10. The maximum Gasteiger partial charge on any atom is 0.339 e. The van der Waals surface area contributed by atoms with Gasteiger partial charge in [-0.25, -0.2) is 18.2 Å². The quantitative estimate of drug-likeness (QED) is 0.577. The number of rotatable bonds is 5. The molecule has 3 aromatic rings. The Labute approximate surface area is 164 Å². The summed E-state index contributed by atoms with van der Waals surface area (Å²) < 4.78 is 33.4. The lowest BCUT2D eigenvalue weighted by molar-refractivity contribution is 0.0596. The minimum atomic E-state index is -4.03. The fourth-order valence-electron chi connectivity index (χ4n) is 2.41. The van der Waals surface area contributed by atoms with E-state index in [1.54, 1.807) is 31.2 Å². The number of carbonyl (C=O) groups excluding carboxylic acids is 1. The van der Waals surface area contributed by atoms with Gasteiger partial charge < -0.3 is 4.74 Å². The van der Waals surface area contributed by atoms with E-state index in [9.17, 15) is 13.2 Å².